The molecule has 1 aromatic carbocycles. The molecule has 4 heterocycles. The minimum atomic E-state index is -0.185. The summed E-state index contributed by atoms with van der Waals surface area (Å²) in [4.78, 5) is 28.5. The lowest BCUT2D eigenvalue weighted by Crippen LogP contribution is -3.00. The van der Waals surface area contributed by atoms with E-state index in [0.717, 1.165) is 32.5 Å². The standard InChI is InChI=1S/C17H20ClN3O3.ClH/c1-20-14-7-11(18)6-12(16(14)24-9-15(20)22)17(23)19-13-8-21-4-2-10(13)3-5-21;/h6-7,10,13H,2-5,8-9H2,1H3,(H,19,23);1H/p-1. The molecule has 1 aromatic rings. The van der Waals surface area contributed by atoms with E-state index in [1.54, 1.807) is 19.2 Å². The second kappa shape index (κ2) is 7.02. The number of nitrogens with zero attached hydrogens (tertiary/aromatic N) is 2. The van der Waals surface area contributed by atoms with Crippen LogP contribution in [0.25, 0.3) is 0 Å². The first-order valence-electron chi connectivity index (χ1n) is 8.29. The molecule has 1 atom stereocenters. The van der Waals surface area contributed by atoms with Gasteiger partial charge in [0.15, 0.2) is 12.4 Å². The lowest BCUT2D eigenvalue weighted by Gasteiger charge is -2.45. The van der Waals surface area contributed by atoms with Crippen molar-refractivity contribution in [1.29, 1.82) is 0 Å². The zero-order valence-electron chi connectivity index (χ0n) is 13.9. The highest BCUT2D eigenvalue weighted by Crippen LogP contribution is 2.38. The Morgan fingerprint density at radius 3 is 2.68 bits per heavy atom. The molecule has 2 bridgehead atoms. The van der Waals surface area contributed by atoms with Crippen LogP contribution in [0.3, 0.4) is 0 Å². The molecule has 0 aromatic heterocycles. The third-order valence-corrected chi connectivity index (χ3v) is 5.55. The van der Waals surface area contributed by atoms with E-state index in [1.165, 1.54) is 4.90 Å². The highest BCUT2D eigenvalue weighted by Gasteiger charge is 2.36. The largest absolute Gasteiger partial charge is 1.00 e. The van der Waals surface area contributed by atoms with Crippen LogP contribution in [-0.2, 0) is 4.79 Å². The van der Waals surface area contributed by atoms with Crippen LogP contribution in [0, 0.1) is 5.92 Å². The van der Waals surface area contributed by atoms with Gasteiger partial charge in [-0.15, -0.1) is 0 Å². The average molecular weight is 385 g/mol. The molecular formula is C17H20Cl2N3O3-. The summed E-state index contributed by atoms with van der Waals surface area (Å²) >= 11 is 6.16. The molecule has 6 nitrogen and oxygen atoms in total. The molecule has 1 N–H and O–H groups in total. The molecule has 4 aliphatic heterocycles. The van der Waals surface area contributed by atoms with Crippen molar-refractivity contribution < 1.29 is 26.7 Å². The van der Waals surface area contributed by atoms with E-state index in [0.29, 0.717) is 27.9 Å². The number of carbonyl (C=O) groups is 2. The predicted octanol–water partition coefficient (Wildman–Crippen LogP) is -1.48. The number of nitrogens with one attached hydrogen (secondary N) is 1. The van der Waals surface area contributed by atoms with Crippen molar-refractivity contribution in [2.75, 3.05) is 38.2 Å². The van der Waals surface area contributed by atoms with Crippen LogP contribution in [0.4, 0.5) is 5.69 Å². The van der Waals surface area contributed by atoms with Gasteiger partial charge in [-0.3, -0.25) is 9.59 Å². The third kappa shape index (κ3) is 3.30. The molecule has 136 valence electrons. The topological polar surface area (TPSA) is 61.9 Å². The van der Waals surface area contributed by atoms with Crippen molar-refractivity contribution in [3.63, 3.8) is 0 Å². The van der Waals surface area contributed by atoms with Gasteiger partial charge in [-0.1, -0.05) is 11.6 Å². The Bertz CT molecular complexity index is 705. The summed E-state index contributed by atoms with van der Waals surface area (Å²) in [6, 6.07) is 3.43. The summed E-state index contributed by atoms with van der Waals surface area (Å²) < 4.78 is 5.54. The first-order chi connectivity index (χ1) is 11.5. The van der Waals surface area contributed by atoms with Gasteiger partial charge in [0.25, 0.3) is 11.8 Å². The second-order valence-corrected chi connectivity index (χ2v) is 7.20. The fourth-order valence-electron chi connectivity index (χ4n) is 3.89. The van der Waals surface area contributed by atoms with Gasteiger partial charge in [0.2, 0.25) is 0 Å². The Morgan fingerprint density at radius 2 is 2.04 bits per heavy atom. The first kappa shape index (κ1) is 18.3. The summed E-state index contributed by atoms with van der Waals surface area (Å²) in [5, 5.41) is 3.56. The normalized spacial score (nSPS) is 27.2. The van der Waals surface area contributed by atoms with Gasteiger partial charge in [0.05, 0.1) is 11.3 Å². The summed E-state index contributed by atoms with van der Waals surface area (Å²) in [7, 11) is 1.66. The highest BCUT2D eigenvalue weighted by molar-refractivity contribution is 6.31. The molecule has 5 rings (SSSR count). The Labute approximate surface area is 157 Å². The fraction of sp³-hybridized carbons (Fsp3) is 0.529. The first-order valence-corrected chi connectivity index (χ1v) is 8.67. The van der Waals surface area contributed by atoms with Crippen LogP contribution in [0.1, 0.15) is 23.2 Å². The molecule has 0 aliphatic carbocycles. The van der Waals surface area contributed by atoms with Gasteiger partial charge in [-0.2, -0.15) is 0 Å². The maximum atomic E-state index is 12.8. The molecule has 0 spiro atoms. The Morgan fingerprint density at radius 1 is 1.32 bits per heavy atom. The summed E-state index contributed by atoms with van der Waals surface area (Å²) in [6.45, 7) is 3.09. The molecule has 25 heavy (non-hydrogen) atoms. The zero-order chi connectivity index (χ0) is 16.8. The van der Waals surface area contributed by atoms with Crippen LogP contribution in [0.5, 0.6) is 5.75 Å². The van der Waals surface area contributed by atoms with Gasteiger partial charge >= 0.3 is 0 Å². The zero-order valence-corrected chi connectivity index (χ0v) is 15.4. The van der Waals surface area contributed by atoms with E-state index in [4.69, 9.17) is 16.3 Å². The van der Waals surface area contributed by atoms with E-state index in [1.807, 2.05) is 0 Å². The minimum Gasteiger partial charge on any atom is -1.00 e. The number of anilines is 1. The predicted molar refractivity (Wildman–Crippen MR) is 90.8 cm³/mol. The van der Waals surface area contributed by atoms with Crippen molar-refractivity contribution in [3.8, 4) is 5.75 Å². The number of rotatable bonds is 2. The summed E-state index contributed by atoms with van der Waals surface area (Å²) in [5.74, 6) is 0.628. The Hall–Kier alpha value is -1.50. The van der Waals surface area contributed by atoms with E-state index in [2.05, 4.69) is 10.2 Å². The van der Waals surface area contributed by atoms with Crippen molar-refractivity contribution in [1.82, 2.24) is 10.2 Å². The molecule has 3 fully saturated rings. The highest BCUT2D eigenvalue weighted by atomic mass is 35.5. The molecule has 1 unspecified atom stereocenters. The molecule has 3 saturated heterocycles. The second-order valence-electron chi connectivity index (χ2n) is 6.76. The van der Waals surface area contributed by atoms with E-state index >= 15 is 0 Å². The van der Waals surface area contributed by atoms with Gasteiger partial charge in [-0.25, -0.2) is 0 Å². The number of halogens is 2. The Balaban J connectivity index is 0.00000182. The van der Waals surface area contributed by atoms with Crippen molar-refractivity contribution in [2.45, 2.75) is 18.9 Å². The van der Waals surface area contributed by atoms with Gasteiger partial charge in [0.1, 0.15) is 0 Å². The monoisotopic (exact) mass is 384 g/mol. The number of benzene rings is 1. The summed E-state index contributed by atoms with van der Waals surface area (Å²) in [5.41, 5.74) is 0.936. The lowest BCUT2D eigenvalue weighted by atomic mass is 9.84. The van der Waals surface area contributed by atoms with Gasteiger partial charge in [-0.05, 0) is 44.0 Å². The number of carbonyl (C=O) groups excluding carboxylic acids is 2. The van der Waals surface area contributed by atoms with E-state index in [9.17, 15) is 9.59 Å². The van der Waals surface area contributed by atoms with Crippen LogP contribution in [0.2, 0.25) is 5.02 Å². The number of piperidine rings is 3. The van der Waals surface area contributed by atoms with Gasteiger partial charge in [0, 0.05) is 24.7 Å². The third-order valence-electron chi connectivity index (χ3n) is 5.33. The molecule has 2 amide bonds. The number of hydrogen-bond acceptors (Lipinski definition) is 4. The maximum absolute atomic E-state index is 12.8. The van der Waals surface area contributed by atoms with Crippen molar-refractivity contribution in [2.24, 2.45) is 5.92 Å². The smallest absolute Gasteiger partial charge is 0.264 e. The fourth-order valence-corrected chi connectivity index (χ4v) is 4.10. The van der Waals surface area contributed by atoms with Crippen molar-refractivity contribution >= 4 is 29.1 Å². The van der Waals surface area contributed by atoms with Gasteiger partial charge < -0.3 is 32.3 Å². The Kier molecular flexibility index (Phi) is 5.14. The van der Waals surface area contributed by atoms with Crippen LogP contribution in [0.15, 0.2) is 12.1 Å². The minimum absolute atomic E-state index is 0. The molecule has 0 radical (unpaired) electrons. The van der Waals surface area contributed by atoms with Crippen LogP contribution in [-0.4, -0.2) is 56.0 Å². The average Bonchev–Trinajstić information content (AvgIpc) is 2.59. The number of likely N-dealkylation sites (N-methyl/N-ethyl adjacent to an activating group) is 1. The maximum Gasteiger partial charge on any atom is 0.264 e. The molecule has 4 aliphatic rings. The molecular weight excluding hydrogens is 365 g/mol. The van der Waals surface area contributed by atoms with E-state index in [-0.39, 0.29) is 36.9 Å². The van der Waals surface area contributed by atoms with Crippen LogP contribution < -0.4 is 27.4 Å². The quantitative estimate of drug-likeness (QED) is 0.675. The number of ether oxygens (including phenoxy) is 1. The SMILES string of the molecule is CN1C(=O)COc2c(C(=O)NC3CN4CCC3CC4)cc(Cl)cc21.[Cl-]. The van der Waals surface area contributed by atoms with Crippen LogP contribution >= 0.6 is 11.6 Å². The number of amides is 2. The van der Waals surface area contributed by atoms with Crippen molar-refractivity contribution in [3.05, 3.63) is 22.7 Å². The number of hydrogen-bond donors (Lipinski definition) is 1. The lowest BCUT2D eigenvalue weighted by molar-refractivity contribution is -0.121. The van der Waals surface area contributed by atoms with E-state index < -0.39 is 0 Å². The number of fused-ring (bicyclic) bond motifs is 4. The molecule has 8 heteroatoms. The summed E-state index contributed by atoms with van der Waals surface area (Å²) in [6.07, 6.45) is 2.26. The molecule has 0 saturated carbocycles.